The lowest BCUT2D eigenvalue weighted by molar-refractivity contribution is 0.122. The van der Waals surface area contributed by atoms with Crippen LogP contribution in [0.1, 0.15) is 24.1 Å². The van der Waals surface area contributed by atoms with Gasteiger partial charge in [-0.3, -0.25) is 0 Å². The number of anilines is 1. The first-order valence-electron chi connectivity index (χ1n) is 7.75. The zero-order valence-electron chi connectivity index (χ0n) is 12.9. The first-order valence-corrected chi connectivity index (χ1v) is 7.75. The van der Waals surface area contributed by atoms with Gasteiger partial charge < -0.3 is 15.0 Å². The standard InChI is InChI=1S/C17H22N4O/c1-14(16-5-3-2-4-6-16)18-11-15-12-19-17(20-13-15)21-7-9-22-10-8-21/h2-6,12-14,18H,7-11H2,1H3/t14-/m0/s1. The third-order valence-electron chi connectivity index (χ3n) is 3.90. The number of hydrogen-bond acceptors (Lipinski definition) is 5. The minimum Gasteiger partial charge on any atom is -0.378 e. The van der Waals surface area contributed by atoms with Crippen molar-refractivity contribution in [1.29, 1.82) is 0 Å². The molecular formula is C17H22N4O. The minimum atomic E-state index is 0.306. The second kappa shape index (κ2) is 7.33. The smallest absolute Gasteiger partial charge is 0.225 e. The molecule has 0 aliphatic carbocycles. The molecule has 1 aromatic carbocycles. The van der Waals surface area contributed by atoms with Crippen molar-refractivity contribution in [1.82, 2.24) is 15.3 Å². The summed E-state index contributed by atoms with van der Waals surface area (Å²) in [4.78, 5) is 11.1. The maximum Gasteiger partial charge on any atom is 0.225 e. The predicted molar refractivity (Wildman–Crippen MR) is 86.8 cm³/mol. The number of rotatable bonds is 5. The number of benzene rings is 1. The van der Waals surface area contributed by atoms with Crippen LogP contribution in [0.5, 0.6) is 0 Å². The summed E-state index contributed by atoms with van der Waals surface area (Å²) in [5.74, 6) is 0.795. The molecular weight excluding hydrogens is 276 g/mol. The van der Waals surface area contributed by atoms with E-state index in [0.29, 0.717) is 6.04 Å². The summed E-state index contributed by atoms with van der Waals surface area (Å²) in [6.45, 7) is 6.16. The quantitative estimate of drug-likeness (QED) is 0.917. The second-order valence-electron chi connectivity index (χ2n) is 5.50. The van der Waals surface area contributed by atoms with Crippen LogP contribution < -0.4 is 10.2 Å². The van der Waals surface area contributed by atoms with Gasteiger partial charge in [-0.25, -0.2) is 9.97 Å². The normalized spacial score (nSPS) is 16.5. The van der Waals surface area contributed by atoms with Gasteiger partial charge >= 0.3 is 0 Å². The van der Waals surface area contributed by atoms with Crippen LogP contribution in [0.4, 0.5) is 5.95 Å². The molecule has 116 valence electrons. The van der Waals surface area contributed by atoms with Gasteiger partial charge in [0.2, 0.25) is 5.95 Å². The molecule has 22 heavy (non-hydrogen) atoms. The highest BCUT2D eigenvalue weighted by molar-refractivity contribution is 5.30. The summed E-state index contributed by atoms with van der Waals surface area (Å²) in [5, 5.41) is 3.50. The number of nitrogens with zero attached hydrogens (tertiary/aromatic N) is 3. The Balaban J connectivity index is 1.55. The van der Waals surface area contributed by atoms with Crippen molar-refractivity contribution in [3.8, 4) is 0 Å². The van der Waals surface area contributed by atoms with Gasteiger partial charge in [-0.05, 0) is 12.5 Å². The van der Waals surface area contributed by atoms with Crippen molar-refractivity contribution >= 4 is 5.95 Å². The Kier molecular flexibility index (Phi) is 4.98. The molecule has 1 aliphatic heterocycles. The van der Waals surface area contributed by atoms with Crippen molar-refractivity contribution in [2.75, 3.05) is 31.2 Å². The molecule has 0 spiro atoms. The van der Waals surface area contributed by atoms with Crippen LogP contribution in [-0.2, 0) is 11.3 Å². The lowest BCUT2D eigenvalue weighted by Crippen LogP contribution is -2.37. The molecule has 0 unspecified atom stereocenters. The fourth-order valence-corrected chi connectivity index (χ4v) is 2.50. The van der Waals surface area contributed by atoms with Crippen LogP contribution in [0.3, 0.4) is 0 Å². The monoisotopic (exact) mass is 298 g/mol. The molecule has 0 amide bonds. The molecule has 0 bridgehead atoms. The van der Waals surface area contributed by atoms with E-state index in [9.17, 15) is 0 Å². The summed E-state index contributed by atoms with van der Waals surface area (Å²) in [7, 11) is 0. The fourth-order valence-electron chi connectivity index (χ4n) is 2.50. The minimum absolute atomic E-state index is 0.306. The Morgan fingerprint density at radius 3 is 2.50 bits per heavy atom. The maximum absolute atomic E-state index is 5.34. The van der Waals surface area contributed by atoms with Gasteiger partial charge in [0, 0.05) is 43.6 Å². The summed E-state index contributed by atoms with van der Waals surface area (Å²) in [6, 6.07) is 10.7. The highest BCUT2D eigenvalue weighted by Gasteiger charge is 2.13. The molecule has 3 rings (SSSR count). The van der Waals surface area contributed by atoms with Crippen molar-refractivity contribution in [3.05, 3.63) is 53.9 Å². The highest BCUT2D eigenvalue weighted by atomic mass is 16.5. The Labute approximate surface area is 131 Å². The van der Waals surface area contributed by atoms with E-state index >= 15 is 0 Å². The second-order valence-corrected chi connectivity index (χ2v) is 5.50. The highest BCUT2D eigenvalue weighted by Crippen LogP contribution is 2.13. The number of nitrogens with one attached hydrogen (secondary N) is 1. The van der Waals surface area contributed by atoms with E-state index in [1.165, 1.54) is 5.56 Å². The molecule has 1 atom stereocenters. The summed E-state index contributed by atoms with van der Waals surface area (Å²) < 4.78 is 5.34. The topological polar surface area (TPSA) is 50.3 Å². The third-order valence-corrected chi connectivity index (χ3v) is 3.90. The van der Waals surface area contributed by atoms with Crippen LogP contribution in [0.15, 0.2) is 42.7 Å². The van der Waals surface area contributed by atoms with E-state index in [-0.39, 0.29) is 0 Å². The number of aromatic nitrogens is 2. The van der Waals surface area contributed by atoms with Crippen LogP contribution in [0.25, 0.3) is 0 Å². The van der Waals surface area contributed by atoms with Gasteiger partial charge in [0.15, 0.2) is 0 Å². The van der Waals surface area contributed by atoms with E-state index < -0.39 is 0 Å². The first kappa shape index (κ1) is 14.9. The molecule has 2 heterocycles. The molecule has 0 radical (unpaired) electrons. The zero-order valence-corrected chi connectivity index (χ0v) is 12.9. The zero-order chi connectivity index (χ0) is 15.2. The fraction of sp³-hybridized carbons (Fsp3) is 0.412. The summed E-state index contributed by atoms with van der Waals surface area (Å²) in [6.07, 6.45) is 3.81. The van der Waals surface area contributed by atoms with Crippen molar-refractivity contribution in [2.45, 2.75) is 19.5 Å². The average molecular weight is 298 g/mol. The van der Waals surface area contributed by atoms with Crippen LogP contribution >= 0.6 is 0 Å². The van der Waals surface area contributed by atoms with Gasteiger partial charge in [-0.1, -0.05) is 30.3 Å². The average Bonchev–Trinajstić information content (AvgIpc) is 2.61. The van der Waals surface area contributed by atoms with E-state index in [2.05, 4.69) is 51.4 Å². The van der Waals surface area contributed by atoms with Gasteiger partial charge in [-0.15, -0.1) is 0 Å². The molecule has 1 saturated heterocycles. The molecule has 1 fully saturated rings. The Morgan fingerprint density at radius 1 is 1.14 bits per heavy atom. The predicted octanol–water partition coefficient (Wildman–Crippen LogP) is 2.16. The molecule has 5 heteroatoms. The van der Waals surface area contributed by atoms with Gasteiger partial charge in [0.05, 0.1) is 13.2 Å². The van der Waals surface area contributed by atoms with Gasteiger partial charge in [-0.2, -0.15) is 0 Å². The lowest BCUT2D eigenvalue weighted by atomic mass is 10.1. The van der Waals surface area contributed by atoms with E-state index in [0.717, 1.165) is 44.4 Å². The third kappa shape index (κ3) is 3.81. The van der Waals surface area contributed by atoms with Crippen LogP contribution in [0, 0.1) is 0 Å². The number of ether oxygens (including phenoxy) is 1. The molecule has 1 aromatic heterocycles. The molecule has 0 saturated carbocycles. The Bertz CT molecular complexity index is 567. The van der Waals surface area contributed by atoms with Crippen molar-refractivity contribution in [2.24, 2.45) is 0 Å². The molecule has 2 aromatic rings. The summed E-state index contributed by atoms with van der Waals surface area (Å²) in [5.41, 5.74) is 2.38. The van der Waals surface area contributed by atoms with Crippen molar-refractivity contribution in [3.63, 3.8) is 0 Å². The first-order chi connectivity index (χ1) is 10.8. The largest absolute Gasteiger partial charge is 0.378 e. The number of morpholine rings is 1. The Morgan fingerprint density at radius 2 is 1.82 bits per heavy atom. The molecule has 1 N–H and O–H groups in total. The molecule has 5 nitrogen and oxygen atoms in total. The van der Waals surface area contributed by atoms with Gasteiger partial charge in [0.1, 0.15) is 0 Å². The van der Waals surface area contributed by atoms with Crippen LogP contribution in [0.2, 0.25) is 0 Å². The van der Waals surface area contributed by atoms with E-state index in [1.54, 1.807) is 0 Å². The Hall–Kier alpha value is -1.98. The lowest BCUT2D eigenvalue weighted by Gasteiger charge is -2.26. The van der Waals surface area contributed by atoms with E-state index in [1.807, 2.05) is 18.5 Å². The summed E-state index contributed by atoms with van der Waals surface area (Å²) >= 11 is 0. The van der Waals surface area contributed by atoms with Crippen LogP contribution in [-0.4, -0.2) is 36.3 Å². The number of hydrogen-bond donors (Lipinski definition) is 1. The van der Waals surface area contributed by atoms with Crippen molar-refractivity contribution < 1.29 is 4.74 Å². The van der Waals surface area contributed by atoms with Gasteiger partial charge in [0.25, 0.3) is 0 Å². The SMILES string of the molecule is C[C@H](NCc1cnc(N2CCOCC2)nc1)c1ccccc1. The molecule has 1 aliphatic rings. The maximum atomic E-state index is 5.34. The van der Waals surface area contributed by atoms with E-state index in [4.69, 9.17) is 4.74 Å².